The summed E-state index contributed by atoms with van der Waals surface area (Å²) in [5, 5.41) is 3.36. The standard InChI is InChI=1S/C12H16N2/c1-10(11-5-8-13-9-6-11)12-4-2-3-7-14-12/h2-4,7,11,13H,1,5-6,8-9H2. The Morgan fingerprint density at radius 3 is 2.79 bits per heavy atom. The van der Waals surface area contributed by atoms with Crippen LogP contribution in [0.2, 0.25) is 0 Å². The minimum absolute atomic E-state index is 0.617. The van der Waals surface area contributed by atoms with Gasteiger partial charge in [0.05, 0.1) is 5.69 Å². The van der Waals surface area contributed by atoms with Gasteiger partial charge < -0.3 is 5.32 Å². The Balaban J connectivity index is 2.07. The SMILES string of the molecule is C=C(c1ccccn1)C1CCNCC1. The van der Waals surface area contributed by atoms with Gasteiger partial charge in [-0.2, -0.15) is 0 Å². The van der Waals surface area contributed by atoms with Crippen molar-refractivity contribution in [3.8, 4) is 0 Å². The molecule has 0 aromatic carbocycles. The molecule has 0 saturated carbocycles. The van der Waals surface area contributed by atoms with E-state index in [1.807, 2.05) is 24.4 Å². The maximum absolute atomic E-state index is 4.33. The molecule has 2 heteroatoms. The fourth-order valence-corrected chi connectivity index (χ4v) is 1.93. The molecule has 1 saturated heterocycles. The summed E-state index contributed by atoms with van der Waals surface area (Å²) >= 11 is 0. The fourth-order valence-electron chi connectivity index (χ4n) is 1.93. The molecule has 1 fully saturated rings. The van der Waals surface area contributed by atoms with Crippen molar-refractivity contribution in [2.45, 2.75) is 12.8 Å². The molecule has 1 aliphatic rings. The number of hydrogen-bond donors (Lipinski definition) is 1. The van der Waals surface area contributed by atoms with Crippen LogP contribution in [0.25, 0.3) is 5.57 Å². The molecule has 0 spiro atoms. The molecule has 2 heterocycles. The number of nitrogens with zero attached hydrogens (tertiary/aromatic N) is 1. The molecule has 2 nitrogen and oxygen atoms in total. The van der Waals surface area contributed by atoms with Crippen molar-refractivity contribution < 1.29 is 0 Å². The fraction of sp³-hybridized carbons (Fsp3) is 0.417. The van der Waals surface area contributed by atoms with E-state index in [1.165, 1.54) is 18.4 Å². The van der Waals surface area contributed by atoms with Gasteiger partial charge in [-0.15, -0.1) is 0 Å². The van der Waals surface area contributed by atoms with Gasteiger partial charge in [0, 0.05) is 6.20 Å². The summed E-state index contributed by atoms with van der Waals surface area (Å²) in [4.78, 5) is 4.33. The predicted molar refractivity (Wildman–Crippen MR) is 58.9 cm³/mol. The van der Waals surface area contributed by atoms with E-state index in [1.54, 1.807) is 0 Å². The maximum Gasteiger partial charge on any atom is 0.0658 e. The second-order valence-corrected chi connectivity index (χ2v) is 3.76. The van der Waals surface area contributed by atoms with Gasteiger partial charge in [-0.3, -0.25) is 4.98 Å². The molecule has 1 aromatic rings. The Kier molecular flexibility index (Phi) is 2.94. The number of nitrogens with one attached hydrogen (secondary N) is 1. The molecule has 0 aliphatic carbocycles. The summed E-state index contributed by atoms with van der Waals surface area (Å²) in [6.45, 7) is 6.37. The van der Waals surface area contributed by atoms with Gasteiger partial charge in [0.2, 0.25) is 0 Å². The van der Waals surface area contributed by atoms with Crippen molar-refractivity contribution in [3.63, 3.8) is 0 Å². The van der Waals surface area contributed by atoms with Gasteiger partial charge in [0.15, 0.2) is 0 Å². The first-order chi connectivity index (χ1) is 6.88. The van der Waals surface area contributed by atoms with Gasteiger partial charge in [0.1, 0.15) is 0 Å². The van der Waals surface area contributed by atoms with Crippen LogP contribution >= 0.6 is 0 Å². The zero-order chi connectivity index (χ0) is 9.80. The highest BCUT2D eigenvalue weighted by Crippen LogP contribution is 2.26. The molecule has 0 atom stereocenters. The highest BCUT2D eigenvalue weighted by atomic mass is 14.9. The average Bonchev–Trinajstić information content (AvgIpc) is 2.30. The molecule has 0 unspecified atom stereocenters. The Morgan fingerprint density at radius 2 is 2.14 bits per heavy atom. The Labute approximate surface area is 85.1 Å². The molecule has 0 radical (unpaired) electrons. The summed E-state index contributed by atoms with van der Waals surface area (Å²) in [7, 11) is 0. The Bertz CT molecular complexity index is 299. The van der Waals surface area contributed by atoms with Gasteiger partial charge in [-0.1, -0.05) is 12.6 Å². The minimum atomic E-state index is 0.617. The Hall–Kier alpha value is -1.15. The molecule has 0 bridgehead atoms. The molecule has 2 rings (SSSR count). The van der Waals surface area contributed by atoms with Crippen LogP contribution in [0.4, 0.5) is 0 Å². The summed E-state index contributed by atoms with van der Waals surface area (Å²) in [6, 6.07) is 6.01. The lowest BCUT2D eigenvalue weighted by atomic mass is 9.89. The van der Waals surface area contributed by atoms with E-state index in [0.717, 1.165) is 18.8 Å². The van der Waals surface area contributed by atoms with Crippen molar-refractivity contribution >= 4 is 5.57 Å². The van der Waals surface area contributed by atoms with E-state index < -0.39 is 0 Å². The number of pyridine rings is 1. The van der Waals surface area contributed by atoms with Crippen LogP contribution in [0, 0.1) is 5.92 Å². The molecule has 14 heavy (non-hydrogen) atoms. The Morgan fingerprint density at radius 1 is 1.36 bits per heavy atom. The van der Waals surface area contributed by atoms with Gasteiger partial charge in [-0.25, -0.2) is 0 Å². The zero-order valence-corrected chi connectivity index (χ0v) is 8.37. The third-order valence-corrected chi connectivity index (χ3v) is 2.83. The van der Waals surface area contributed by atoms with Crippen LogP contribution in [-0.2, 0) is 0 Å². The maximum atomic E-state index is 4.33. The van der Waals surface area contributed by atoms with Crippen molar-refractivity contribution in [1.29, 1.82) is 0 Å². The van der Waals surface area contributed by atoms with Crippen molar-refractivity contribution in [2.75, 3.05) is 13.1 Å². The molecular weight excluding hydrogens is 172 g/mol. The van der Waals surface area contributed by atoms with Crippen molar-refractivity contribution in [1.82, 2.24) is 10.3 Å². The number of rotatable bonds is 2. The lowest BCUT2D eigenvalue weighted by Crippen LogP contribution is -2.28. The average molecular weight is 188 g/mol. The van der Waals surface area contributed by atoms with E-state index in [2.05, 4.69) is 16.9 Å². The first kappa shape index (κ1) is 9.41. The molecule has 1 N–H and O–H groups in total. The highest BCUT2D eigenvalue weighted by molar-refractivity contribution is 5.62. The zero-order valence-electron chi connectivity index (χ0n) is 8.37. The summed E-state index contributed by atoms with van der Waals surface area (Å²) in [5.74, 6) is 0.617. The lowest BCUT2D eigenvalue weighted by molar-refractivity contribution is 0.446. The summed E-state index contributed by atoms with van der Waals surface area (Å²) in [5.41, 5.74) is 2.26. The number of allylic oxidation sites excluding steroid dienone is 1. The van der Waals surface area contributed by atoms with Crippen LogP contribution in [0.1, 0.15) is 18.5 Å². The summed E-state index contributed by atoms with van der Waals surface area (Å²) < 4.78 is 0. The molecule has 0 amide bonds. The molecule has 1 aliphatic heterocycles. The third-order valence-electron chi connectivity index (χ3n) is 2.83. The lowest BCUT2D eigenvalue weighted by Gasteiger charge is -2.24. The smallest absolute Gasteiger partial charge is 0.0658 e. The van der Waals surface area contributed by atoms with Crippen LogP contribution < -0.4 is 5.32 Å². The molecular formula is C12H16N2. The van der Waals surface area contributed by atoms with Crippen molar-refractivity contribution in [3.05, 3.63) is 36.7 Å². The van der Waals surface area contributed by atoms with E-state index in [-0.39, 0.29) is 0 Å². The predicted octanol–water partition coefficient (Wildman–Crippen LogP) is 2.09. The quantitative estimate of drug-likeness (QED) is 0.768. The normalized spacial score (nSPS) is 18.0. The van der Waals surface area contributed by atoms with Gasteiger partial charge in [0.25, 0.3) is 0 Å². The first-order valence-corrected chi connectivity index (χ1v) is 5.19. The van der Waals surface area contributed by atoms with Gasteiger partial charge in [-0.05, 0) is 49.6 Å². The second-order valence-electron chi connectivity index (χ2n) is 3.76. The monoisotopic (exact) mass is 188 g/mol. The topological polar surface area (TPSA) is 24.9 Å². The summed E-state index contributed by atoms with van der Waals surface area (Å²) in [6.07, 6.45) is 4.21. The molecule has 74 valence electrons. The second kappa shape index (κ2) is 4.38. The third kappa shape index (κ3) is 2.02. The van der Waals surface area contributed by atoms with E-state index in [0.29, 0.717) is 5.92 Å². The van der Waals surface area contributed by atoms with Crippen LogP contribution in [0.15, 0.2) is 31.0 Å². The molecule has 1 aromatic heterocycles. The highest BCUT2D eigenvalue weighted by Gasteiger charge is 2.17. The number of piperidine rings is 1. The van der Waals surface area contributed by atoms with Crippen LogP contribution in [-0.4, -0.2) is 18.1 Å². The number of aromatic nitrogens is 1. The largest absolute Gasteiger partial charge is 0.317 e. The van der Waals surface area contributed by atoms with E-state index in [4.69, 9.17) is 0 Å². The first-order valence-electron chi connectivity index (χ1n) is 5.19. The van der Waals surface area contributed by atoms with Crippen molar-refractivity contribution in [2.24, 2.45) is 5.92 Å². The minimum Gasteiger partial charge on any atom is -0.317 e. The van der Waals surface area contributed by atoms with Crippen LogP contribution in [0.3, 0.4) is 0 Å². The van der Waals surface area contributed by atoms with Crippen LogP contribution in [0.5, 0.6) is 0 Å². The van der Waals surface area contributed by atoms with E-state index in [9.17, 15) is 0 Å². The van der Waals surface area contributed by atoms with Gasteiger partial charge >= 0.3 is 0 Å². The van der Waals surface area contributed by atoms with E-state index >= 15 is 0 Å². The number of hydrogen-bond acceptors (Lipinski definition) is 2.